The first-order valence-electron chi connectivity index (χ1n) is 7.19. The van der Waals surface area contributed by atoms with Gasteiger partial charge in [0.25, 0.3) is 0 Å². The van der Waals surface area contributed by atoms with Crippen molar-refractivity contribution in [3.8, 4) is 5.75 Å². The molecular formula is C15H17F5O3. The van der Waals surface area contributed by atoms with Crippen molar-refractivity contribution < 1.29 is 36.2 Å². The van der Waals surface area contributed by atoms with Gasteiger partial charge in [0.05, 0.1) is 6.61 Å². The molecular weight excluding hydrogens is 323 g/mol. The lowest BCUT2D eigenvalue weighted by molar-refractivity contribution is 0.0777. The van der Waals surface area contributed by atoms with Crippen LogP contribution in [0.25, 0.3) is 0 Å². The molecule has 23 heavy (non-hydrogen) atoms. The third kappa shape index (κ3) is 4.80. The molecule has 1 aromatic rings. The van der Waals surface area contributed by atoms with Gasteiger partial charge in [-0.1, -0.05) is 33.1 Å². The summed E-state index contributed by atoms with van der Waals surface area (Å²) in [6.45, 7) is 3.80. The van der Waals surface area contributed by atoms with Crippen LogP contribution in [0, 0.1) is 35.0 Å². The number of carbonyl (C=O) groups is 1. The van der Waals surface area contributed by atoms with E-state index >= 15 is 0 Å². The molecule has 1 aromatic carbocycles. The maximum atomic E-state index is 13.3. The minimum Gasteiger partial charge on any atom is -0.434 e. The number of ether oxygens (including phenoxy) is 2. The van der Waals surface area contributed by atoms with Crippen LogP contribution in [0.2, 0.25) is 0 Å². The first-order valence-corrected chi connectivity index (χ1v) is 7.19. The Labute approximate surface area is 130 Å². The van der Waals surface area contributed by atoms with Crippen molar-refractivity contribution in [2.75, 3.05) is 6.61 Å². The van der Waals surface area contributed by atoms with Crippen molar-refractivity contribution in [2.24, 2.45) is 5.92 Å². The van der Waals surface area contributed by atoms with E-state index in [1.165, 1.54) is 0 Å². The molecule has 0 aliphatic rings. The Balaban J connectivity index is 2.75. The molecule has 0 radical (unpaired) electrons. The second-order valence-corrected chi connectivity index (χ2v) is 4.98. The topological polar surface area (TPSA) is 35.5 Å². The molecule has 0 N–H and O–H groups in total. The minimum atomic E-state index is -2.33. The predicted octanol–water partition coefficient (Wildman–Crippen LogP) is 5.11. The minimum absolute atomic E-state index is 0.0267. The third-order valence-corrected chi connectivity index (χ3v) is 3.34. The Bertz CT molecular complexity index is 534. The smallest absolute Gasteiger partial charge is 0.434 e. The first kappa shape index (κ1) is 19.2. The molecule has 0 aliphatic carbocycles. The highest BCUT2D eigenvalue weighted by molar-refractivity contribution is 5.64. The average molecular weight is 340 g/mol. The van der Waals surface area contributed by atoms with Gasteiger partial charge in [0.15, 0.2) is 0 Å². The Kier molecular flexibility index (Phi) is 7.25. The van der Waals surface area contributed by atoms with Crippen LogP contribution in [0.4, 0.5) is 26.7 Å². The van der Waals surface area contributed by atoms with Crippen LogP contribution in [0.1, 0.15) is 39.5 Å². The van der Waals surface area contributed by atoms with Gasteiger partial charge >= 0.3 is 6.16 Å². The lowest BCUT2D eigenvalue weighted by Crippen LogP contribution is -2.19. The number of hydrogen-bond donors (Lipinski definition) is 0. The molecule has 3 nitrogen and oxygen atoms in total. The number of halogens is 5. The van der Waals surface area contributed by atoms with E-state index in [1.54, 1.807) is 0 Å². The van der Waals surface area contributed by atoms with Crippen molar-refractivity contribution in [3.63, 3.8) is 0 Å². The van der Waals surface area contributed by atoms with Crippen LogP contribution in [0.15, 0.2) is 0 Å². The fourth-order valence-corrected chi connectivity index (χ4v) is 1.87. The second-order valence-electron chi connectivity index (χ2n) is 4.98. The van der Waals surface area contributed by atoms with Crippen molar-refractivity contribution in [3.05, 3.63) is 29.1 Å². The first-order chi connectivity index (χ1) is 10.8. The summed E-state index contributed by atoms with van der Waals surface area (Å²) in [5.41, 5.74) is 0. The summed E-state index contributed by atoms with van der Waals surface area (Å²) < 4.78 is 74.3. The molecule has 1 unspecified atom stereocenters. The molecule has 0 spiro atoms. The zero-order valence-corrected chi connectivity index (χ0v) is 12.7. The summed E-state index contributed by atoms with van der Waals surface area (Å²) in [7, 11) is 0. The molecule has 0 aromatic heterocycles. The van der Waals surface area contributed by atoms with Gasteiger partial charge in [-0.25, -0.2) is 18.0 Å². The Morgan fingerprint density at radius 1 is 0.957 bits per heavy atom. The van der Waals surface area contributed by atoms with Crippen molar-refractivity contribution in [1.82, 2.24) is 0 Å². The number of unbranched alkanes of at least 4 members (excludes halogenated alkanes) is 1. The van der Waals surface area contributed by atoms with Crippen LogP contribution in [0.3, 0.4) is 0 Å². The highest BCUT2D eigenvalue weighted by atomic mass is 19.2. The molecule has 0 aliphatic heterocycles. The predicted molar refractivity (Wildman–Crippen MR) is 71.5 cm³/mol. The van der Waals surface area contributed by atoms with Gasteiger partial charge in [-0.3, -0.25) is 0 Å². The highest BCUT2D eigenvalue weighted by Gasteiger charge is 2.29. The molecule has 8 heteroatoms. The summed E-state index contributed by atoms with van der Waals surface area (Å²) >= 11 is 0. The SMILES string of the molecule is CCCCC(CC)COC(=O)Oc1c(F)c(F)c(F)c(F)c1F. The maximum absolute atomic E-state index is 13.3. The maximum Gasteiger partial charge on any atom is 0.514 e. The van der Waals surface area contributed by atoms with Gasteiger partial charge in [0.1, 0.15) is 0 Å². The highest BCUT2D eigenvalue weighted by Crippen LogP contribution is 2.29. The normalized spacial score (nSPS) is 12.1. The summed E-state index contributed by atoms with van der Waals surface area (Å²) in [5.74, 6) is -12.8. The lowest BCUT2D eigenvalue weighted by Gasteiger charge is -2.14. The standard InChI is InChI=1S/C15H17F5O3/c1-3-5-6-8(4-2)7-22-15(21)23-14-12(19)10(17)9(16)11(18)13(14)20/h8H,3-7H2,1-2H3. The van der Waals surface area contributed by atoms with Crippen molar-refractivity contribution in [2.45, 2.75) is 39.5 Å². The van der Waals surface area contributed by atoms with E-state index in [0.717, 1.165) is 19.3 Å². The Morgan fingerprint density at radius 2 is 1.48 bits per heavy atom. The van der Waals surface area contributed by atoms with E-state index in [4.69, 9.17) is 0 Å². The molecule has 1 atom stereocenters. The van der Waals surface area contributed by atoms with Gasteiger partial charge in [0, 0.05) is 0 Å². The van der Waals surface area contributed by atoms with Crippen molar-refractivity contribution in [1.29, 1.82) is 0 Å². The summed E-state index contributed by atoms with van der Waals surface area (Å²) in [6, 6.07) is 0. The van der Waals surface area contributed by atoms with Gasteiger partial charge in [-0.15, -0.1) is 0 Å². The third-order valence-electron chi connectivity index (χ3n) is 3.34. The molecule has 0 fully saturated rings. The summed E-state index contributed by atoms with van der Waals surface area (Å²) in [6.07, 6.45) is 1.82. The largest absolute Gasteiger partial charge is 0.514 e. The van der Waals surface area contributed by atoms with E-state index in [-0.39, 0.29) is 12.5 Å². The van der Waals surface area contributed by atoms with E-state index in [0.29, 0.717) is 6.42 Å². The molecule has 0 saturated carbocycles. The molecule has 0 bridgehead atoms. The van der Waals surface area contributed by atoms with Gasteiger partial charge < -0.3 is 9.47 Å². The zero-order valence-electron chi connectivity index (χ0n) is 12.7. The van der Waals surface area contributed by atoms with Crippen LogP contribution in [-0.4, -0.2) is 12.8 Å². The van der Waals surface area contributed by atoms with E-state index in [2.05, 4.69) is 9.47 Å². The zero-order chi connectivity index (χ0) is 17.6. The lowest BCUT2D eigenvalue weighted by atomic mass is 10.0. The number of rotatable bonds is 7. The van der Waals surface area contributed by atoms with E-state index < -0.39 is 41.0 Å². The molecule has 0 saturated heterocycles. The average Bonchev–Trinajstić information content (AvgIpc) is 2.55. The van der Waals surface area contributed by atoms with Crippen LogP contribution in [-0.2, 0) is 4.74 Å². The fourth-order valence-electron chi connectivity index (χ4n) is 1.87. The monoisotopic (exact) mass is 340 g/mol. The number of benzene rings is 1. The molecule has 0 amide bonds. The van der Waals surface area contributed by atoms with Crippen LogP contribution < -0.4 is 4.74 Å². The van der Waals surface area contributed by atoms with E-state index in [9.17, 15) is 26.7 Å². The Hall–Kier alpha value is -1.86. The van der Waals surface area contributed by atoms with Crippen molar-refractivity contribution >= 4 is 6.16 Å². The fraction of sp³-hybridized carbons (Fsp3) is 0.533. The van der Waals surface area contributed by atoms with Crippen LogP contribution in [0.5, 0.6) is 5.75 Å². The number of carbonyl (C=O) groups excluding carboxylic acids is 1. The second kappa shape index (κ2) is 8.69. The van der Waals surface area contributed by atoms with Gasteiger partial charge in [-0.05, 0) is 12.3 Å². The van der Waals surface area contributed by atoms with Crippen LogP contribution >= 0.6 is 0 Å². The molecule has 0 heterocycles. The van der Waals surface area contributed by atoms with E-state index in [1.807, 2.05) is 13.8 Å². The summed E-state index contributed by atoms with van der Waals surface area (Å²) in [5, 5.41) is 0. The number of hydrogen-bond acceptors (Lipinski definition) is 3. The Morgan fingerprint density at radius 3 is 1.96 bits per heavy atom. The quantitative estimate of drug-likeness (QED) is 0.227. The molecule has 1 rings (SSSR count). The van der Waals surface area contributed by atoms with Gasteiger partial charge in [-0.2, -0.15) is 8.78 Å². The van der Waals surface area contributed by atoms with Gasteiger partial charge in [0.2, 0.25) is 34.8 Å². The molecule has 130 valence electrons. The summed E-state index contributed by atoms with van der Waals surface area (Å²) in [4.78, 5) is 11.4.